The number of nitrogens with zero attached hydrogens (tertiary/aromatic N) is 5. The fourth-order valence-corrected chi connectivity index (χ4v) is 3.94. The van der Waals surface area contributed by atoms with E-state index in [2.05, 4.69) is 37.5 Å². The third-order valence-corrected chi connectivity index (χ3v) is 5.33. The minimum atomic E-state index is 0.414. The highest BCUT2D eigenvalue weighted by Gasteiger charge is 2.24. The molecule has 1 aliphatic rings. The van der Waals surface area contributed by atoms with Gasteiger partial charge in [-0.15, -0.1) is 0 Å². The van der Waals surface area contributed by atoms with Crippen LogP contribution in [0.2, 0.25) is 0 Å². The van der Waals surface area contributed by atoms with E-state index >= 15 is 0 Å². The van der Waals surface area contributed by atoms with Crippen molar-refractivity contribution in [2.75, 3.05) is 0 Å². The van der Waals surface area contributed by atoms with Gasteiger partial charge in [-0.1, -0.05) is 48.3 Å². The molecule has 0 radical (unpaired) electrons. The van der Waals surface area contributed by atoms with Gasteiger partial charge in [-0.2, -0.15) is 10.1 Å². The van der Waals surface area contributed by atoms with Crippen molar-refractivity contribution >= 4 is 0 Å². The third-order valence-electron chi connectivity index (χ3n) is 5.33. The molecule has 7 nitrogen and oxygen atoms in total. The average molecular weight is 374 g/mol. The Morgan fingerprint density at radius 2 is 2.00 bits per heavy atom. The fraction of sp³-hybridized carbons (Fsp3) is 0.333. The summed E-state index contributed by atoms with van der Waals surface area (Å²) in [6.45, 7) is 2.49. The molecule has 3 heterocycles. The zero-order valence-corrected chi connectivity index (χ0v) is 15.8. The molecular formula is C21H22N6O. The number of benzene rings is 1. The van der Waals surface area contributed by atoms with Crippen molar-refractivity contribution in [3.63, 3.8) is 0 Å². The van der Waals surface area contributed by atoms with Crippen molar-refractivity contribution < 1.29 is 4.52 Å². The molecule has 4 aromatic rings. The molecule has 0 aliphatic heterocycles. The lowest BCUT2D eigenvalue weighted by atomic mass is 10.1. The Balaban J connectivity index is 1.52. The Hall–Kier alpha value is -3.22. The van der Waals surface area contributed by atoms with Gasteiger partial charge in [0.2, 0.25) is 5.89 Å². The van der Waals surface area contributed by atoms with Crippen LogP contribution in [0.25, 0.3) is 22.6 Å². The molecular weight excluding hydrogens is 352 g/mol. The van der Waals surface area contributed by atoms with Gasteiger partial charge in [0, 0.05) is 17.2 Å². The van der Waals surface area contributed by atoms with Gasteiger partial charge in [0.1, 0.15) is 5.69 Å². The zero-order chi connectivity index (χ0) is 18.9. The van der Waals surface area contributed by atoms with Crippen LogP contribution in [-0.2, 0) is 6.54 Å². The van der Waals surface area contributed by atoms with Gasteiger partial charge in [-0.3, -0.25) is 5.10 Å². The number of aromatic nitrogens is 6. The summed E-state index contributed by atoms with van der Waals surface area (Å²) >= 11 is 0. The summed E-state index contributed by atoms with van der Waals surface area (Å²) in [7, 11) is 0. The summed E-state index contributed by atoms with van der Waals surface area (Å²) in [6, 6.07) is 12.2. The predicted octanol–water partition coefficient (Wildman–Crippen LogP) is 4.34. The number of rotatable bonds is 5. The van der Waals surface area contributed by atoms with Crippen LogP contribution in [-0.4, -0.2) is 29.9 Å². The third kappa shape index (κ3) is 3.13. The van der Waals surface area contributed by atoms with Crippen LogP contribution >= 0.6 is 0 Å². The molecule has 1 saturated carbocycles. The number of nitrogens with one attached hydrogen (secondary N) is 1. The monoisotopic (exact) mass is 374 g/mol. The van der Waals surface area contributed by atoms with Crippen LogP contribution in [0.5, 0.6) is 0 Å². The van der Waals surface area contributed by atoms with Crippen LogP contribution in [0, 0.1) is 6.92 Å². The molecule has 0 bridgehead atoms. The van der Waals surface area contributed by atoms with E-state index in [1.54, 1.807) is 0 Å². The minimum Gasteiger partial charge on any atom is -0.339 e. The van der Waals surface area contributed by atoms with Gasteiger partial charge in [-0.25, -0.2) is 4.98 Å². The number of hydrogen-bond donors (Lipinski definition) is 1. The second-order valence-electron chi connectivity index (χ2n) is 7.40. The van der Waals surface area contributed by atoms with E-state index in [-0.39, 0.29) is 0 Å². The molecule has 1 fully saturated rings. The van der Waals surface area contributed by atoms with Crippen LogP contribution in [0.1, 0.15) is 49.0 Å². The summed E-state index contributed by atoms with van der Waals surface area (Å²) in [6.07, 6.45) is 6.60. The summed E-state index contributed by atoms with van der Waals surface area (Å²) in [5, 5.41) is 11.7. The van der Waals surface area contributed by atoms with E-state index in [1.165, 1.54) is 12.8 Å². The number of imidazole rings is 1. The first-order chi connectivity index (χ1) is 13.8. The van der Waals surface area contributed by atoms with Crippen molar-refractivity contribution in [2.24, 2.45) is 0 Å². The van der Waals surface area contributed by atoms with Gasteiger partial charge in [0.25, 0.3) is 0 Å². The smallest absolute Gasteiger partial charge is 0.229 e. The second-order valence-corrected chi connectivity index (χ2v) is 7.40. The molecule has 142 valence electrons. The van der Waals surface area contributed by atoms with Crippen molar-refractivity contribution in [2.45, 2.75) is 45.1 Å². The van der Waals surface area contributed by atoms with Crippen molar-refractivity contribution in [3.05, 3.63) is 60.1 Å². The van der Waals surface area contributed by atoms with Gasteiger partial charge >= 0.3 is 0 Å². The summed E-state index contributed by atoms with van der Waals surface area (Å²) in [5.41, 5.74) is 4.75. The highest BCUT2D eigenvalue weighted by atomic mass is 16.5. The molecule has 5 rings (SSSR count). The highest BCUT2D eigenvalue weighted by molar-refractivity contribution is 5.76. The molecule has 0 amide bonds. The molecule has 1 aliphatic carbocycles. The van der Waals surface area contributed by atoms with E-state index in [1.807, 2.05) is 42.1 Å². The molecule has 28 heavy (non-hydrogen) atoms. The van der Waals surface area contributed by atoms with Gasteiger partial charge < -0.3 is 9.09 Å². The molecule has 0 saturated heterocycles. The van der Waals surface area contributed by atoms with E-state index in [0.29, 0.717) is 18.3 Å². The Labute approximate surface area is 162 Å². The van der Waals surface area contributed by atoms with Gasteiger partial charge in [-0.05, 0) is 25.8 Å². The standard InChI is InChI=1S/C21H22N6O/c1-14-11-17(25-24-14)20-19(15-7-3-2-4-8-15)22-13-27(20)12-18-23-21(28-26-18)16-9-5-6-10-16/h2-4,7-8,11,13,16H,5-6,9-10,12H2,1H3,(H,24,25). The van der Waals surface area contributed by atoms with Crippen LogP contribution in [0.4, 0.5) is 0 Å². The van der Waals surface area contributed by atoms with Crippen molar-refractivity contribution in [3.8, 4) is 22.6 Å². The lowest BCUT2D eigenvalue weighted by Gasteiger charge is -2.06. The Morgan fingerprint density at radius 3 is 2.75 bits per heavy atom. The van der Waals surface area contributed by atoms with E-state index in [0.717, 1.165) is 47.1 Å². The number of hydrogen-bond acceptors (Lipinski definition) is 5. The molecule has 0 unspecified atom stereocenters. The van der Waals surface area contributed by atoms with Crippen LogP contribution in [0.3, 0.4) is 0 Å². The zero-order valence-electron chi connectivity index (χ0n) is 15.8. The maximum atomic E-state index is 5.55. The molecule has 0 spiro atoms. The number of H-pyrrole nitrogens is 1. The first kappa shape index (κ1) is 16.9. The maximum Gasteiger partial charge on any atom is 0.229 e. The Bertz CT molecular complexity index is 1070. The SMILES string of the molecule is Cc1cc(-c2c(-c3ccccc3)ncn2Cc2noc(C3CCCC3)n2)n[nH]1. The van der Waals surface area contributed by atoms with Crippen molar-refractivity contribution in [1.29, 1.82) is 0 Å². The lowest BCUT2D eigenvalue weighted by Crippen LogP contribution is -2.03. The summed E-state index contributed by atoms with van der Waals surface area (Å²) in [4.78, 5) is 9.33. The topological polar surface area (TPSA) is 85.4 Å². The Kier molecular flexibility index (Phi) is 4.27. The first-order valence-corrected chi connectivity index (χ1v) is 9.73. The minimum absolute atomic E-state index is 0.414. The molecule has 7 heteroatoms. The number of aromatic amines is 1. The van der Waals surface area contributed by atoms with E-state index in [9.17, 15) is 0 Å². The Morgan fingerprint density at radius 1 is 1.18 bits per heavy atom. The average Bonchev–Trinajstić information content (AvgIpc) is 3.50. The maximum absolute atomic E-state index is 5.55. The second kappa shape index (κ2) is 7.07. The summed E-state index contributed by atoms with van der Waals surface area (Å²) < 4.78 is 7.59. The van der Waals surface area contributed by atoms with Gasteiger partial charge in [0.15, 0.2) is 5.82 Å². The van der Waals surface area contributed by atoms with Crippen LogP contribution in [0.15, 0.2) is 47.2 Å². The molecule has 0 atom stereocenters. The lowest BCUT2D eigenvalue weighted by molar-refractivity contribution is 0.349. The quantitative estimate of drug-likeness (QED) is 0.562. The number of aryl methyl sites for hydroxylation is 1. The highest BCUT2D eigenvalue weighted by Crippen LogP contribution is 2.34. The first-order valence-electron chi connectivity index (χ1n) is 9.73. The van der Waals surface area contributed by atoms with Crippen molar-refractivity contribution in [1.82, 2.24) is 29.9 Å². The molecule has 3 aromatic heterocycles. The predicted molar refractivity (Wildman–Crippen MR) is 105 cm³/mol. The van der Waals surface area contributed by atoms with E-state index < -0.39 is 0 Å². The largest absolute Gasteiger partial charge is 0.339 e. The normalized spacial score (nSPS) is 14.8. The molecule has 1 aromatic carbocycles. The van der Waals surface area contributed by atoms with E-state index in [4.69, 9.17) is 4.52 Å². The van der Waals surface area contributed by atoms with Gasteiger partial charge in [0.05, 0.1) is 24.3 Å². The van der Waals surface area contributed by atoms with Crippen LogP contribution < -0.4 is 0 Å². The molecule has 1 N–H and O–H groups in total. The summed E-state index contributed by atoms with van der Waals surface area (Å²) in [5.74, 6) is 1.86. The fourth-order valence-electron chi connectivity index (χ4n) is 3.94.